The van der Waals surface area contributed by atoms with Crippen molar-refractivity contribution in [2.75, 3.05) is 22.5 Å². The van der Waals surface area contributed by atoms with Crippen LogP contribution in [0.5, 0.6) is 0 Å². The molecule has 0 atom stereocenters. The Kier molecular flexibility index (Phi) is 4.95. The van der Waals surface area contributed by atoms with Crippen molar-refractivity contribution < 1.29 is 9.59 Å². The lowest BCUT2D eigenvalue weighted by atomic mass is 10.1. The summed E-state index contributed by atoms with van der Waals surface area (Å²) in [4.78, 5) is 32.9. The van der Waals surface area contributed by atoms with E-state index in [4.69, 9.17) is 4.98 Å². The Morgan fingerprint density at radius 3 is 2.68 bits per heavy atom. The lowest BCUT2D eigenvalue weighted by molar-refractivity contribution is -0.120. The van der Waals surface area contributed by atoms with Crippen LogP contribution in [-0.2, 0) is 9.59 Å². The Labute approximate surface area is 183 Å². The topological polar surface area (TPSA) is 66.7 Å². The molecule has 154 valence electrons. The molecule has 3 heterocycles. The molecule has 2 aromatic heterocycles. The summed E-state index contributed by atoms with van der Waals surface area (Å²) in [7, 11) is 0. The van der Waals surface area contributed by atoms with E-state index in [1.54, 1.807) is 4.90 Å². The predicted molar refractivity (Wildman–Crippen MR) is 124 cm³/mol. The lowest BCUT2D eigenvalue weighted by Gasteiger charge is -2.28. The van der Waals surface area contributed by atoms with Crippen molar-refractivity contribution in [2.45, 2.75) is 11.8 Å². The summed E-state index contributed by atoms with van der Waals surface area (Å²) >= 11 is 1.50. The smallest absolute Gasteiger partial charge is 0.245 e. The molecule has 0 saturated heterocycles. The highest BCUT2D eigenvalue weighted by Crippen LogP contribution is 2.35. The van der Waals surface area contributed by atoms with Crippen molar-refractivity contribution in [3.8, 4) is 11.3 Å². The number of rotatable bonds is 4. The van der Waals surface area contributed by atoms with Crippen LogP contribution < -0.4 is 10.2 Å². The summed E-state index contributed by atoms with van der Waals surface area (Å²) in [5.41, 5.74) is 4.18. The zero-order valence-electron chi connectivity index (χ0n) is 16.9. The fourth-order valence-corrected chi connectivity index (χ4v) is 4.65. The van der Waals surface area contributed by atoms with Gasteiger partial charge in [0.05, 0.1) is 11.4 Å². The maximum atomic E-state index is 13.1. The summed E-state index contributed by atoms with van der Waals surface area (Å²) in [6.07, 6.45) is 1.95. The van der Waals surface area contributed by atoms with Gasteiger partial charge in [0.25, 0.3) is 0 Å². The van der Waals surface area contributed by atoms with Gasteiger partial charge in [-0.05, 0) is 30.7 Å². The van der Waals surface area contributed by atoms with Gasteiger partial charge in [-0.1, -0.05) is 48.5 Å². The molecule has 5 rings (SSSR count). The Morgan fingerprint density at radius 1 is 1.06 bits per heavy atom. The molecule has 6 nitrogen and oxygen atoms in total. The zero-order chi connectivity index (χ0) is 21.4. The number of imidazole rings is 1. The van der Waals surface area contributed by atoms with E-state index >= 15 is 0 Å². The molecule has 2 aromatic carbocycles. The molecule has 0 spiro atoms. The van der Waals surface area contributed by atoms with Gasteiger partial charge < -0.3 is 10.2 Å². The third-order valence-corrected chi connectivity index (χ3v) is 6.23. The zero-order valence-corrected chi connectivity index (χ0v) is 17.7. The minimum atomic E-state index is -0.268. The highest BCUT2D eigenvalue weighted by Gasteiger charge is 2.27. The van der Waals surface area contributed by atoms with E-state index in [0.29, 0.717) is 17.3 Å². The lowest BCUT2D eigenvalue weighted by Crippen LogP contribution is -2.41. The molecule has 1 aliphatic heterocycles. The number of carbonyl (C=O) groups excluding carboxylic acids is 2. The number of hydrogen-bond donors (Lipinski definition) is 1. The normalized spacial score (nSPS) is 13.3. The molecule has 7 heteroatoms. The molecule has 0 fully saturated rings. The number of aromatic nitrogens is 2. The number of nitrogens with one attached hydrogen (secondary N) is 1. The van der Waals surface area contributed by atoms with E-state index in [0.717, 1.165) is 27.4 Å². The molecular weight excluding hydrogens is 408 g/mol. The first-order chi connectivity index (χ1) is 15.1. The van der Waals surface area contributed by atoms with Crippen molar-refractivity contribution in [2.24, 2.45) is 0 Å². The van der Waals surface area contributed by atoms with Gasteiger partial charge in [-0.2, -0.15) is 0 Å². The molecule has 2 amide bonds. The van der Waals surface area contributed by atoms with Gasteiger partial charge in [0.1, 0.15) is 23.7 Å². The number of pyridine rings is 1. The number of thioether (sulfide) groups is 1. The average molecular weight is 429 g/mol. The number of fused-ring (bicyclic) bond motifs is 2. The van der Waals surface area contributed by atoms with Gasteiger partial charge >= 0.3 is 0 Å². The molecule has 0 radical (unpaired) electrons. The summed E-state index contributed by atoms with van der Waals surface area (Å²) in [5.74, 6) is 0.586. The van der Waals surface area contributed by atoms with Crippen molar-refractivity contribution in [1.29, 1.82) is 0 Å². The van der Waals surface area contributed by atoms with E-state index in [1.807, 2.05) is 84.3 Å². The van der Waals surface area contributed by atoms with Gasteiger partial charge in [-0.15, -0.1) is 11.8 Å². The number of hydrogen-bond acceptors (Lipinski definition) is 4. The van der Waals surface area contributed by atoms with Crippen LogP contribution in [0.4, 0.5) is 11.5 Å². The minimum absolute atomic E-state index is 0.0519. The largest absolute Gasteiger partial charge is 0.308 e. The second kappa shape index (κ2) is 7.92. The van der Waals surface area contributed by atoms with Crippen LogP contribution in [-0.4, -0.2) is 33.5 Å². The van der Waals surface area contributed by atoms with Crippen molar-refractivity contribution in [3.05, 3.63) is 78.5 Å². The SMILES string of the molecule is Cc1ccc2nc(-c3ccccc3)c(NC(=O)CN3C(=O)CSc4ccccc43)n2c1. The molecule has 4 aromatic rings. The number of amides is 2. The molecule has 1 N–H and O–H groups in total. The number of aryl methyl sites for hydroxylation is 1. The van der Waals surface area contributed by atoms with Crippen molar-refractivity contribution in [3.63, 3.8) is 0 Å². The molecule has 0 unspecified atom stereocenters. The van der Waals surface area contributed by atoms with Gasteiger partial charge in [-0.25, -0.2) is 4.98 Å². The Bertz CT molecular complexity index is 1300. The van der Waals surface area contributed by atoms with Crippen LogP contribution in [0.3, 0.4) is 0 Å². The fraction of sp³-hybridized carbons (Fsp3) is 0.125. The van der Waals surface area contributed by atoms with Crippen molar-refractivity contribution in [1.82, 2.24) is 9.38 Å². The maximum Gasteiger partial charge on any atom is 0.245 e. The number of benzene rings is 2. The molecule has 31 heavy (non-hydrogen) atoms. The second-order valence-corrected chi connectivity index (χ2v) is 8.41. The van der Waals surface area contributed by atoms with Crippen LogP contribution >= 0.6 is 11.8 Å². The van der Waals surface area contributed by atoms with Gasteiger partial charge in [0, 0.05) is 16.7 Å². The van der Waals surface area contributed by atoms with Gasteiger partial charge in [-0.3, -0.25) is 14.0 Å². The van der Waals surface area contributed by atoms with E-state index in [1.165, 1.54) is 11.8 Å². The van der Waals surface area contributed by atoms with Crippen LogP contribution in [0.1, 0.15) is 5.56 Å². The summed E-state index contributed by atoms with van der Waals surface area (Å²) in [5, 5.41) is 3.02. The standard InChI is InChI=1S/C24H20N4O2S/c1-16-11-12-20-25-23(17-7-3-2-4-8-17)24(28(20)13-16)26-21(29)14-27-18-9-5-6-10-19(18)31-15-22(27)30/h2-13H,14-15H2,1H3,(H,26,29). The maximum absolute atomic E-state index is 13.1. The number of para-hydroxylation sites is 1. The first-order valence-electron chi connectivity index (χ1n) is 9.96. The van der Waals surface area contributed by atoms with E-state index in [-0.39, 0.29) is 18.4 Å². The third kappa shape index (κ3) is 3.68. The number of nitrogens with zero attached hydrogens (tertiary/aromatic N) is 3. The first-order valence-corrected chi connectivity index (χ1v) is 10.9. The van der Waals surface area contributed by atoms with Crippen LogP contribution in [0.2, 0.25) is 0 Å². The summed E-state index contributed by atoms with van der Waals surface area (Å²) in [6.45, 7) is 1.94. The predicted octanol–water partition coefficient (Wildman–Crippen LogP) is 4.39. The van der Waals surface area contributed by atoms with E-state index in [2.05, 4.69) is 5.32 Å². The highest BCUT2D eigenvalue weighted by molar-refractivity contribution is 8.00. The van der Waals surface area contributed by atoms with E-state index < -0.39 is 0 Å². The van der Waals surface area contributed by atoms with Gasteiger partial charge in [0.2, 0.25) is 11.8 Å². The minimum Gasteiger partial charge on any atom is -0.308 e. The van der Waals surface area contributed by atoms with Crippen LogP contribution in [0.25, 0.3) is 16.9 Å². The number of carbonyl (C=O) groups is 2. The Balaban J connectivity index is 1.50. The molecule has 1 aliphatic rings. The van der Waals surface area contributed by atoms with Gasteiger partial charge in [0.15, 0.2) is 0 Å². The molecule has 0 saturated carbocycles. The summed E-state index contributed by atoms with van der Waals surface area (Å²) in [6, 6.07) is 21.3. The average Bonchev–Trinajstić information content (AvgIpc) is 3.14. The van der Waals surface area contributed by atoms with Crippen molar-refractivity contribution >= 4 is 40.7 Å². The Hall–Kier alpha value is -3.58. The monoisotopic (exact) mass is 428 g/mol. The second-order valence-electron chi connectivity index (χ2n) is 7.39. The molecule has 0 bridgehead atoms. The van der Waals surface area contributed by atoms with Crippen LogP contribution in [0, 0.1) is 6.92 Å². The van der Waals surface area contributed by atoms with Crippen LogP contribution in [0.15, 0.2) is 77.8 Å². The number of anilines is 2. The fourth-order valence-electron chi connectivity index (χ4n) is 3.71. The van der Waals surface area contributed by atoms with E-state index in [9.17, 15) is 9.59 Å². The highest BCUT2D eigenvalue weighted by atomic mass is 32.2. The molecule has 0 aliphatic carbocycles. The summed E-state index contributed by atoms with van der Waals surface area (Å²) < 4.78 is 1.89. The molecular formula is C24H20N4O2S. The Morgan fingerprint density at radius 2 is 1.84 bits per heavy atom. The third-order valence-electron chi connectivity index (χ3n) is 5.18. The first kappa shape index (κ1) is 19.4. The quantitative estimate of drug-likeness (QED) is 0.524.